The Bertz CT molecular complexity index is 3570. The summed E-state index contributed by atoms with van der Waals surface area (Å²) >= 11 is 3.73. The molecule has 13 aromatic rings. The third-order valence-corrected chi connectivity index (χ3v) is 14.4. The van der Waals surface area contributed by atoms with Crippen molar-refractivity contribution in [2.24, 2.45) is 0 Å². The number of rotatable bonds is 4. The summed E-state index contributed by atoms with van der Waals surface area (Å²) in [5.41, 5.74) is 12.1. The van der Waals surface area contributed by atoms with Crippen LogP contribution in [0, 0.1) is 0 Å². The summed E-state index contributed by atoms with van der Waals surface area (Å²) < 4.78 is 10.2. The summed E-state index contributed by atoms with van der Waals surface area (Å²) in [5.74, 6) is 0. The second-order valence-corrected chi connectivity index (χ2v) is 17.5. The van der Waals surface area contributed by atoms with E-state index >= 15 is 0 Å². The molecule has 0 unspecified atom stereocenters. The highest BCUT2D eigenvalue weighted by atomic mass is 32.1. The topological polar surface area (TPSA) is 9.86 Å². The quantitative estimate of drug-likeness (QED) is 0.169. The lowest BCUT2D eigenvalue weighted by Gasteiger charge is -2.10. The Morgan fingerprint density at radius 2 is 0.638 bits per heavy atom. The molecule has 0 saturated carbocycles. The maximum atomic E-state index is 2.43. The van der Waals surface area contributed by atoms with E-state index in [0.29, 0.717) is 0 Å². The van der Waals surface area contributed by atoms with E-state index in [4.69, 9.17) is 0 Å². The van der Waals surface area contributed by atoms with E-state index in [2.05, 4.69) is 203 Å². The van der Waals surface area contributed by atoms with Gasteiger partial charge in [-0.2, -0.15) is 0 Å². The van der Waals surface area contributed by atoms with Crippen LogP contribution in [0.4, 0.5) is 0 Å². The lowest BCUT2D eigenvalue weighted by molar-refractivity contribution is 1.19. The molecular formula is C54H32N2S2. The molecule has 4 heterocycles. The first-order valence-electron chi connectivity index (χ1n) is 19.7. The summed E-state index contributed by atoms with van der Waals surface area (Å²) in [6, 6.07) is 72.0. The molecule has 270 valence electrons. The van der Waals surface area contributed by atoms with Crippen molar-refractivity contribution in [3.8, 4) is 33.6 Å². The molecule has 4 heteroatoms. The summed E-state index contributed by atoms with van der Waals surface area (Å²) in [5, 5.41) is 10.3. The van der Waals surface area contributed by atoms with Gasteiger partial charge in [0, 0.05) is 73.3 Å². The Morgan fingerprint density at radius 3 is 1.14 bits per heavy atom. The molecule has 0 spiro atoms. The first-order valence-corrected chi connectivity index (χ1v) is 21.4. The molecule has 0 saturated heterocycles. The van der Waals surface area contributed by atoms with Crippen LogP contribution in [-0.4, -0.2) is 9.13 Å². The number of hydrogen-bond acceptors (Lipinski definition) is 2. The molecule has 0 aliphatic heterocycles. The van der Waals surface area contributed by atoms with Gasteiger partial charge >= 0.3 is 0 Å². The maximum Gasteiger partial charge on any atom is 0.0541 e. The molecule has 0 aliphatic rings. The van der Waals surface area contributed by atoms with Gasteiger partial charge in [0.1, 0.15) is 0 Å². The van der Waals surface area contributed by atoms with Gasteiger partial charge in [-0.25, -0.2) is 0 Å². The predicted molar refractivity (Wildman–Crippen MR) is 252 cm³/mol. The van der Waals surface area contributed by atoms with Gasteiger partial charge in [0.05, 0.1) is 22.1 Å². The normalized spacial score (nSPS) is 12.1. The van der Waals surface area contributed by atoms with E-state index in [-0.39, 0.29) is 0 Å². The zero-order chi connectivity index (χ0) is 37.9. The van der Waals surface area contributed by atoms with Gasteiger partial charge < -0.3 is 9.13 Å². The fourth-order valence-electron chi connectivity index (χ4n) is 9.45. The Labute approximate surface area is 341 Å². The first kappa shape index (κ1) is 32.1. The molecule has 2 nitrogen and oxygen atoms in total. The van der Waals surface area contributed by atoms with Crippen molar-refractivity contribution in [2.75, 3.05) is 0 Å². The second-order valence-electron chi connectivity index (χ2n) is 15.3. The van der Waals surface area contributed by atoms with Crippen LogP contribution in [0.3, 0.4) is 0 Å². The maximum absolute atomic E-state index is 2.43. The smallest absolute Gasteiger partial charge is 0.0541 e. The highest BCUT2D eigenvalue weighted by molar-refractivity contribution is 7.26. The first-order chi connectivity index (χ1) is 28.7. The van der Waals surface area contributed by atoms with Gasteiger partial charge in [0.2, 0.25) is 0 Å². The third kappa shape index (κ3) is 4.70. The zero-order valence-corrected chi connectivity index (χ0v) is 32.8. The summed E-state index contributed by atoms with van der Waals surface area (Å²) in [6.07, 6.45) is 0. The molecule has 4 aromatic heterocycles. The van der Waals surface area contributed by atoms with E-state index < -0.39 is 0 Å². The van der Waals surface area contributed by atoms with Crippen LogP contribution in [0.5, 0.6) is 0 Å². The van der Waals surface area contributed by atoms with Crippen LogP contribution in [0.2, 0.25) is 0 Å². The highest BCUT2D eigenvalue weighted by Crippen LogP contribution is 2.41. The molecule has 0 aliphatic carbocycles. The van der Waals surface area contributed by atoms with Crippen LogP contribution in [0.1, 0.15) is 0 Å². The molecule has 0 radical (unpaired) electrons. The molecule has 13 rings (SSSR count). The average Bonchev–Trinajstić information content (AvgIpc) is 4.03. The molecule has 0 amide bonds. The number of nitrogens with zero attached hydrogens (tertiary/aromatic N) is 2. The summed E-state index contributed by atoms with van der Waals surface area (Å²) in [6.45, 7) is 0. The lowest BCUT2D eigenvalue weighted by atomic mass is 9.97. The van der Waals surface area contributed by atoms with Crippen molar-refractivity contribution in [2.45, 2.75) is 0 Å². The van der Waals surface area contributed by atoms with Crippen LogP contribution in [0.15, 0.2) is 194 Å². The van der Waals surface area contributed by atoms with Crippen LogP contribution >= 0.6 is 22.7 Å². The molecule has 58 heavy (non-hydrogen) atoms. The minimum Gasteiger partial charge on any atom is -0.309 e. The molecule has 0 fully saturated rings. The summed E-state index contributed by atoms with van der Waals surface area (Å²) in [7, 11) is 0. The fourth-order valence-corrected chi connectivity index (χ4v) is 11.6. The third-order valence-electron chi connectivity index (χ3n) is 12.1. The Morgan fingerprint density at radius 1 is 0.241 bits per heavy atom. The Hall–Kier alpha value is -6.98. The van der Waals surface area contributed by atoms with Gasteiger partial charge in [0.25, 0.3) is 0 Å². The Kier molecular flexibility index (Phi) is 6.79. The molecular weight excluding hydrogens is 741 g/mol. The standard InChI is InChI=1S/C54H32N2S2/c1-5-16-47-39(12-1)43-29-35(20-24-49(43)55(47)37-22-26-53-45(31-37)41-14-3-7-18-51(41)57-53)33-10-9-11-34(28-33)36-21-25-50-44(30-36)40-13-2-6-17-48(40)56(50)38-23-27-54-46(32-38)42-15-4-8-19-52(42)58-54/h1-32H. The van der Waals surface area contributed by atoms with Gasteiger partial charge in [-0.05, 0) is 113 Å². The van der Waals surface area contributed by atoms with Gasteiger partial charge in [-0.15, -0.1) is 22.7 Å². The van der Waals surface area contributed by atoms with Crippen molar-refractivity contribution in [3.05, 3.63) is 194 Å². The molecule has 0 N–H and O–H groups in total. The van der Waals surface area contributed by atoms with Crippen molar-refractivity contribution in [3.63, 3.8) is 0 Å². The van der Waals surface area contributed by atoms with Crippen LogP contribution in [-0.2, 0) is 0 Å². The van der Waals surface area contributed by atoms with E-state index in [9.17, 15) is 0 Å². The minimum atomic E-state index is 1.19. The van der Waals surface area contributed by atoms with Crippen molar-refractivity contribution in [1.29, 1.82) is 0 Å². The van der Waals surface area contributed by atoms with Crippen molar-refractivity contribution >= 4 is 107 Å². The highest BCUT2D eigenvalue weighted by Gasteiger charge is 2.17. The van der Waals surface area contributed by atoms with Crippen molar-refractivity contribution in [1.82, 2.24) is 9.13 Å². The van der Waals surface area contributed by atoms with E-state index in [1.54, 1.807) is 0 Å². The van der Waals surface area contributed by atoms with E-state index in [1.807, 2.05) is 22.7 Å². The number of benzene rings is 9. The van der Waals surface area contributed by atoms with Gasteiger partial charge in [-0.3, -0.25) is 0 Å². The van der Waals surface area contributed by atoms with Crippen molar-refractivity contribution < 1.29 is 0 Å². The van der Waals surface area contributed by atoms with Crippen LogP contribution in [0.25, 0.3) is 118 Å². The predicted octanol–water partition coefficient (Wildman–Crippen LogP) is 16.0. The average molecular weight is 773 g/mol. The minimum absolute atomic E-state index is 1.19. The van der Waals surface area contributed by atoms with Gasteiger partial charge in [-0.1, -0.05) is 103 Å². The number of fused-ring (bicyclic) bond motifs is 12. The zero-order valence-electron chi connectivity index (χ0n) is 31.2. The summed E-state index contributed by atoms with van der Waals surface area (Å²) in [4.78, 5) is 0. The monoisotopic (exact) mass is 772 g/mol. The largest absolute Gasteiger partial charge is 0.309 e. The fraction of sp³-hybridized carbons (Fsp3) is 0. The number of hydrogen-bond donors (Lipinski definition) is 0. The number of aromatic nitrogens is 2. The lowest BCUT2D eigenvalue weighted by Crippen LogP contribution is -1.93. The molecule has 0 atom stereocenters. The van der Waals surface area contributed by atoms with Gasteiger partial charge in [0.15, 0.2) is 0 Å². The van der Waals surface area contributed by atoms with Crippen LogP contribution < -0.4 is 0 Å². The van der Waals surface area contributed by atoms with E-state index in [0.717, 1.165) is 0 Å². The Balaban J connectivity index is 0.923. The molecule has 0 bridgehead atoms. The van der Waals surface area contributed by atoms with E-state index in [1.165, 1.54) is 118 Å². The SMILES string of the molecule is c1cc(-c2ccc3c(c2)c2ccccc2n3-c2ccc3sc4ccccc4c3c2)cc(-c2ccc3c(c2)c2ccccc2n3-c2ccc3sc4ccccc4c3c2)c1. The second kappa shape index (κ2) is 12.3. The molecule has 9 aromatic carbocycles. The number of thiophene rings is 2. The number of para-hydroxylation sites is 2.